The van der Waals surface area contributed by atoms with Crippen LogP contribution in [0.3, 0.4) is 0 Å². The van der Waals surface area contributed by atoms with E-state index in [2.05, 4.69) is 15.6 Å². The van der Waals surface area contributed by atoms with Gasteiger partial charge in [0, 0.05) is 0 Å². The highest BCUT2D eigenvalue weighted by molar-refractivity contribution is 6.02. The minimum atomic E-state index is 0.0165. The molecule has 2 aromatic carbocycles. The summed E-state index contributed by atoms with van der Waals surface area (Å²) in [6, 6.07) is 15.9. The summed E-state index contributed by atoms with van der Waals surface area (Å²) in [7, 11) is 1.65. The van der Waals surface area contributed by atoms with E-state index in [1.807, 2.05) is 42.5 Å². The maximum absolute atomic E-state index is 9.38. The van der Waals surface area contributed by atoms with E-state index in [0.717, 1.165) is 34.0 Å². The molecule has 122 valence electrons. The van der Waals surface area contributed by atoms with Gasteiger partial charge in [-0.05, 0) is 42.0 Å². The monoisotopic (exact) mass is 322 g/mol. The SMILES string of the molecule is COc1ccc(C2=NN(CCO)c3nc4ccccc4n3C2)cc1. The third kappa shape index (κ3) is 2.41. The van der Waals surface area contributed by atoms with E-state index in [1.165, 1.54) is 0 Å². The van der Waals surface area contributed by atoms with Gasteiger partial charge in [-0.3, -0.25) is 0 Å². The molecule has 1 aliphatic heterocycles. The number of aliphatic hydroxyl groups is 1. The number of aromatic nitrogens is 2. The fourth-order valence-electron chi connectivity index (χ4n) is 2.96. The van der Waals surface area contributed by atoms with Crippen LogP contribution in [0.25, 0.3) is 11.0 Å². The lowest BCUT2D eigenvalue weighted by Gasteiger charge is -2.25. The molecule has 24 heavy (non-hydrogen) atoms. The highest BCUT2D eigenvalue weighted by Gasteiger charge is 2.23. The Morgan fingerprint density at radius 1 is 1.12 bits per heavy atom. The summed E-state index contributed by atoms with van der Waals surface area (Å²) in [6.07, 6.45) is 0. The molecule has 0 saturated carbocycles. The first-order chi connectivity index (χ1) is 11.8. The third-order valence-electron chi connectivity index (χ3n) is 4.15. The zero-order chi connectivity index (χ0) is 16.5. The Bertz CT molecular complexity index is 899. The average molecular weight is 322 g/mol. The maximum Gasteiger partial charge on any atom is 0.227 e. The van der Waals surface area contributed by atoms with Crippen molar-refractivity contribution >= 4 is 22.7 Å². The molecule has 6 nitrogen and oxygen atoms in total. The van der Waals surface area contributed by atoms with Crippen molar-refractivity contribution in [1.29, 1.82) is 0 Å². The summed E-state index contributed by atoms with van der Waals surface area (Å²) < 4.78 is 7.36. The first-order valence-corrected chi connectivity index (χ1v) is 7.85. The quantitative estimate of drug-likeness (QED) is 0.800. The Kier molecular flexibility index (Phi) is 3.66. The smallest absolute Gasteiger partial charge is 0.227 e. The van der Waals surface area contributed by atoms with E-state index in [1.54, 1.807) is 12.1 Å². The minimum absolute atomic E-state index is 0.0165. The Hall–Kier alpha value is -2.86. The van der Waals surface area contributed by atoms with Gasteiger partial charge in [0.15, 0.2) is 0 Å². The summed E-state index contributed by atoms with van der Waals surface area (Å²) in [5.41, 5.74) is 3.96. The molecule has 0 saturated heterocycles. The number of anilines is 1. The molecule has 0 bridgehead atoms. The highest BCUT2D eigenvalue weighted by Crippen LogP contribution is 2.27. The number of fused-ring (bicyclic) bond motifs is 3. The third-order valence-corrected chi connectivity index (χ3v) is 4.15. The van der Waals surface area contributed by atoms with Crippen molar-refractivity contribution in [2.24, 2.45) is 5.10 Å². The number of para-hydroxylation sites is 2. The van der Waals surface area contributed by atoms with Crippen LogP contribution in [0.2, 0.25) is 0 Å². The summed E-state index contributed by atoms with van der Waals surface area (Å²) >= 11 is 0. The van der Waals surface area contributed by atoms with Crippen molar-refractivity contribution in [3.63, 3.8) is 0 Å². The lowest BCUT2D eigenvalue weighted by molar-refractivity contribution is 0.301. The number of hydrazone groups is 1. The van der Waals surface area contributed by atoms with E-state index in [4.69, 9.17) is 9.84 Å². The lowest BCUT2D eigenvalue weighted by Crippen LogP contribution is -2.32. The van der Waals surface area contributed by atoms with Gasteiger partial charge in [0.2, 0.25) is 5.95 Å². The molecule has 1 aromatic heterocycles. The van der Waals surface area contributed by atoms with E-state index in [0.29, 0.717) is 13.1 Å². The van der Waals surface area contributed by atoms with Gasteiger partial charge in [-0.1, -0.05) is 12.1 Å². The number of ether oxygens (including phenoxy) is 1. The van der Waals surface area contributed by atoms with Crippen LogP contribution in [0.15, 0.2) is 53.6 Å². The van der Waals surface area contributed by atoms with Crippen molar-refractivity contribution in [1.82, 2.24) is 9.55 Å². The van der Waals surface area contributed by atoms with Crippen molar-refractivity contribution < 1.29 is 9.84 Å². The first kappa shape index (κ1) is 14.7. The van der Waals surface area contributed by atoms with Crippen LogP contribution >= 0.6 is 0 Å². The van der Waals surface area contributed by atoms with Crippen LogP contribution < -0.4 is 9.75 Å². The number of aliphatic hydroxyl groups excluding tert-OH is 1. The van der Waals surface area contributed by atoms with Crippen LogP contribution in [0, 0.1) is 0 Å². The summed E-state index contributed by atoms with van der Waals surface area (Å²) in [5.74, 6) is 1.58. The number of benzene rings is 2. The molecule has 4 rings (SSSR count). The number of β-amino-alcohol motifs (C(OH)–C–C–N with tert-alkyl or cyclic N) is 1. The summed E-state index contributed by atoms with van der Waals surface area (Å²) in [4.78, 5) is 4.66. The van der Waals surface area contributed by atoms with Crippen LogP contribution in [0.1, 0.15) is 5.56 Å². The highest BCUT2D eigenvalue weighted by atomic mass is 16.5. The number of nitrogens with zero attached hydrogens (tertiary/aromatic N) is 4. The molecule has 0 radical (unpaired) electrons. The molecule has 3 aromatic rings. The van der Waals surface area contributed by atoms with Gasteiger partial charge < -0.3 is 14.4 Å². The maximum atomic E-state index is 9.38. The zero-order valence-electron chi connectivity index (χ0n) is 13.4. The Morgan fingerprint density at radius 2 is 1.92 bits per heavy atom. The van der Waals surface area contributed by atoms with Gasteiger partial charge in [0.05, 0.1) is 43.6 Å². The molecule has 0 unspecified atom stereocenters. The van der Waals surface area contributed by atoms with Gasteiger partial charge in [0.1, 0.15) is 5.75 Å². The molecule has 1 aliphatic rings. The van der Waals surface area contributed by atoms with Gasteiger partial charge in [0.25, 0.3) is 0 Å². The number of hydrogen-bond donors (Lipinski definition) is 1. The van der Waals surface area contributed by atoms with E-state index in [9.17, 15) is 5.11 Å². The minimum Gasteiger partial charge on any atom is -0.497 e. The van der Waals surface area contributed by atoms with Gasteiger partial charge in [-0.15, -0.1) is 0 Å². The first-order valence-electron chi connectivity index (χ1n) is 7.85. The van der Waals surface area contributed by atoms with Crippen LogP contribution in [-0.4, -0.2) is 40.6 Å². The lowest BCUT2D eigenvalue weighted by atomic mass is 10.1. The second kappa shape index (κ2) is 5.98. The van der Waals surface area contributed by atoms with Crippen LogP contribution in [0.5, 0.6) is 5.75 Å². The van der Waals surface area contributed by atoms with Gasteiger partial charge in [-0.25, -0.2) is 9.99 Å². The van der Waals surface area contributed by atoms with Crippen molar-refractivity contribution in [3.8, 4) is 5.75 Å². The van der Waals surface area contributed by atoms with Crippen molar-refractivity contribution in [3.05, 3.63) is 54.1 Å². The zero-order valence-corrected chi connectivity index (χ0v) is 13.4. The van der Waals surface area contributed by atoms with Crippen LogP contribution in [-0.2, 0) is 6.54 Å². The number of hydrogen-bond acceptors (Lipinski definition) is 5. The molecule has 0 atom stereocenters. The molecule has 0 spiro atoms. The fourth-order valence-corrected chi connectivity index (χ4v) is 2.96. The predicted molar refractivity (Wildman–Crippen MR) is 93.7 cm³/mol. The predicted octanol–water partition coefficient (Wildman–Crippen LogP) is 2.26. The summed E-state index contributed by atoms with van der Waals surface area (Å²) in [5, 5.41) is 15.8. The number of methoxy groups -OCH3 is 1. The second-order valence-corrected chi connectivity index (χ2v) is 5.61. The van der Waals surface area contributed by atoms with Gasteiger partial charge >= 0.3 is 0 Å². The standard InChI is InChI=1S/C18H18N4O2/c1-24-14-8-6-13(7-9-14)16-12-21-17-5-3-2-4-15(17)19-18(21)22(20-16)10-11-23/h2-9,23H,10-12H2,1H3. The molecule has 1 N–H and O–H groups in total. The molecular formula is C18H18N4O2. The second-order valence-electron chi connectivity index (χ2n) is 5.61. The average Bonchev–Trinajstić information content (AvgIpc) is 3.01. The van der Waals surface area contributed by atoms with E-state index in [-0.39, 0.29) is 6.61 Å². The molecule has 0 fully saturated rings. The normalized spacial score (nSPS) is 13.8. The Morgan fingerprint density at radius 3 is 2.67 bits per heavy atom. The fraction of sp³-hybridized carbons (Fsp3) is 0.222. The summed E-state index contributed by atoms with van der Waals surface area (Å²) in [6.45, 7) is 1.07. The number of rotatable bonds is 4. The molecular weight excluding hydrogens is 304 g/mol. The van der Waals surface area contributed by atoms with E-state index >= 15 is 0 Å². The molecule has 0 amide bonds. The van der Waals surface area contributed by atoms with Crippen molar-refractivity contribution in [2.45, 2.75) is 6.54 Å². The van der Waals surface area contributed by atoms with E-state index < -0.39 is 0 Å². The Balaban J connectivity index is 1.79. The number of imidazole rings is 1. The molecule has 2 heterocycles. The van der Waals surface area contributed by atoms with Crippen molar-refractivity contribution in [2.75, 3.05) is 25.3 Å². The molecule has 6 heteroatoms. The van der Waals surface area contributed by atoms with Gasteiger partial charge in [-0.2, -0.15) is 5.10 Å². The van der Waals surface area contributed by atoms with Crippen LogP contribution in [0.4, 0.5) is 5.95 Å². The molecule has 0 aliphatic carbocycles. The topological polar surface area (TPSA) is 62.9 Å². The largest absolute Gasteiger partial charge is 0.497 e. The Labute approximate surface area is 139 Å².